The fraction of sp³-hybridized carbons (Fsp3) is 0.0769. The van der Waals surface area contributed by atoms with E-state index in [2.05, 4.69) is 15.9 Å². The van der Waals surface area contributed by atoms with Crippen LogP contribution in [0.15, 0.2) is 53.0 Å². The van der Waals surface area contributed by atoms with Gasteiger partial charge in [0.2, 0.25) is 0 Å². The molecule has 0 bridgehead atoms. The number of phenolic OH excluding ortho intramolecular Hbond substituents is 1. The highest BCUT2D eigenvalue weighted by molar-refractivity contribution is 9.10. The van der Waals surface area contributed by atoms with Crippen LogP contribution in [-0.2, 0) is 6.61 Å². The van der Waals surface area contributed by atoms with Gasteiger partial charge in [-0.25, -0.2) is 0 Å². The molecular formula is C13H11BrO2. The van der Waals surface area contributed by atoms with E-state index in [0.29, 0.717) is 6.61 Å². The van der Waals surface area contributed by atoms with E-state index in [9.17, 15) is 0 Å². The first-order valence-corrected chi connectivity index (χ1v) is 5.69. The lowest BCUT2D eigenvalue weighted by atomic mass is 10.2. The summed E-state index contributed by atoms with van der Waals surface area (Å²) in [5.41, 5.74) is 1.03. The Morgan fingerprint density at radius 2 is 1.56 bits per heavy atom. The van der Waals surface area contributed by atoms with Gasteiger partial charge in [-0.05, 0) is 42.0 Å². The molecule has 0 aliphatic carbocycles. The average molecular weight is 279 g/mol. The number of hydrogen-bond acceptors (Lipinski definition) is 2. The molecule has 16 heavy (non-hydrogen) atoms. The van der Waals surface area contributed by atoms with Gasteiger partial charge in [0.1, 0.15) is 18.1 Å². The minimum Gasteiger partial charge on any atom is -0.508 e. The average Bonchev–Trinajstić information content (AvgIpc) is 2.30. The Morgan fingerprint density at radius 3 is 2.19 bits per heavy atom. The van der Waals surface area contributed by atoms with Crippen molar-refractivity contribution in [1.82, 2.24) is 0 Å². The molecule has 0 saturated heterocycles. The molecule has 0 amide bonds. The Labute approximate surface area is 103 Å². The number of halogens is 1. The lowest BCUT2D eigenvalue weighted by molar-refractivity contribution is 0.306. The van der Waals surface area contributed by atoms with Crippen molar-refractivity contribution in [1.29, 1.82) is 0 Å². The Kier molecular flexibility index (Phi) is 3.47. The topological polar surface area (TPSA) is 29.5 Å². The van der Waals surface area contributed by atoms with E-state index >= 15 is 0 Å². The Morgan fingerprint density at radius 1 is 0.938 bits per heavy atom. The predicted molar refractivity (Wildman–Crippen MR) is 66.6 cm³/mol. The van der Waals surface area contributed by atoms with Gasteiger partial charge in [0.05, 0.1) is 0 Å². The van der Waals surface area contributed by atoms with Crippen molar-refractivity contribution in [3.63, 3.8) is 0 Å². The lowest BCUT2D eigenvalue weighted by Crippen LogP contribution is -1.94. The zero-order valence-electron chi connectivity index (χ0n) is 8.56. The van der Waals surface area contributed by atoms with Crippen LogP contribution in [0.5, 0.6) is 11.5 Å². The highest BCUT2D eigenvalue weighted by Crippen LogP contribution is 2.18. The van der Waals surface area contributed by atoms with Crippen LogP contribution in [0.1, 0.15) is 5.56 Å². The SMILES string of the molecule is Oc1ccc(COc2ccc(Br)cc2)cc1. The molecule has 0 aliphatic heterocycles. The highest BCUT2D eigenvalue weighted by Gasteiger charge is 1.96. The summed E-state index contributed by atoms with van der Waals surface area (Å²) in [5.74, 6) is 1.10. The second-order valence-electron chi connectivity index (χ2n) is 3.41. The summed E-state index contributed by atoms with van der Waals surface area (Å²) in [4.78, 5) is 0. The minimum absolute atomic E-state index is 0.271. The van der Waals surface area contributed by atoms with Crippen LogP contribution in [0.4, 0.5) is 0 Å². The highest BCUT2D eigenvalue weighted by atomic mass is 79.9. The molecular weight excluding hydrogens is 268 g/mol. The van der Waals surface area contributed by atoms with Crippen molar-refractivity contribution >= 4 is 15.9 Å². The van der Waals surface area contributed by atoms with Crippen LogP contribution >= 0.6 is 15.9 Å². The molecule has 2 nitrogen and oxygen atoms in total. The van der Waals surface area contributed by atoms with Gasteiger partial charge in [0.25, 0.3) is 0 Å². The molecule has 0 aliphatic rings. The summed E-state index contributed by atoms with van der Waals surface area (Å²) in [5, 5.41) is 9.13. The zero-order chi connectivity index (χ0) is 11.4. The monoisotopic (exact) mass is 278 g/mol. The van der Waals surface area contributed by atoms with Crippen LogP contribution in [0.25, 0.3) is 0 Å². The summed E-state index contributed by atoms with van der Waals surface area (Å²) in [6.07, 6.45) is 0. The van der Waals surface area contributed by atoms with Crippen LogP contribution < -0.4 is 4.74 Å². The number of rotatable bonds is 3. The second-order valence-corrected chi connectivity index (χ2v) is 4.32. The van der Waals surface area contributed by atoms with Crippen LogP contribution in [-0.4, -0.2) is 5.11 Å². The number of hydrogen-bond donors (Lipinski definition) is 1. The third kappa shape index (κ3) is 3.00. The normalized spacial score (nSPS) is 10.1. The molecule has 0 atom stereocenters. The Bertz CT molecular complexity index is 403. The van der Waals surface area contributed by atoms with Crippen LogP contribution in [0.3, 0.4) is 0 Å². The van der Waals surface area contributed by atoms with Gasteiger partial charge in [-0.15, -0.1) is 0 Å². The number of aromatic hydroxyl groups is 1. The Balaban J connectivity index is 1.97. The number of phenols is 1. The molecule has 0 unspecified atom stereocenters. The zero-order valence-corrected chi connectivity index (χ0v) is 10.1. The molecule has 3 heteroatoms. The van der Waals surface area contributed by atoms with E-state index in [1.807, 2.05) is 36.4 Å². The summed E-state index contributed by atoms with van der Waals surface area (Å²) < 4.78 is 6.62. The molecule has 2 rings (SSSR count). The molecule has 0 fully saturated rings. The first kappa shape index (κ1) is 11.0. The summed E-state index contributed by atoms with van der Waals surface area (Å²) in [6.45, 7) is 0.502. The molecule has 0 heterocycles. The standard InChI is InChI=1S/C13H11BrO2/c14-11-3-7-13(8-4-11)16-9-10-1-5-12(15)6-2-10/h1-8,15H,9H2. The van der Waals surface area contributed by atoms with Crippen molar-refractivity contribution in [2.75, 3.05) is 0 Å². The molecule has 0 radical (unpaired) electrons. The summed E-state index contributed by atoms with van der Waals surface area (Å²) in [7, 11) is 0. The molecule has 82 valence electrons. The summed E-state index contributed by atoms with van der Waals surface area (Å²) >= 11 is 3.37. The van der Waals surface area contributed by atoms with Gasteiger partial charge in [-0.2, -0.15) is 0 Å². The fourth-order valence-corrected chi connectivity index (χ4v) is 1.55. The molecule has 0 saturated carbocycles. The molecule has 1 N–H and O–H groups in total. The molecule has 2 aromatic rings. The van der Waals surface area contributed by atoms with Crippen molar-refractivity contribution in [2.24, 2.45) is 0 Å². The second kappa shape index (κ2) is 5.03. The summed E-state index contributed by atoms with van der Waals surface area (Å²) in [6, 6.07) is 14.7. The predicted octanol–water partition coefficient (Wildman–Crippen LogP) is 3.73. The first-order chi connectivity index (χ1) is 7.74. The van der Waals surface area contributed by atoms with Crippen LogP contribution in [0.2, 0.25) is 0 Å². The maximum Gasteiger partial charge on any atom is 0.119 e. The first-order valence-electron chi connectivity index (χ1n) is 4.90. The van der Waals surface area contributed by atoms with E-state index in [4.69, 9.17) is 9.84 Å². The number of ether oxygens (including phenoxy) is 1. The van der Waals surface area contributed by atoms with Gasteiger partial charge in [-0.3, -0.25) is 0 Å². The van der Waals surface area contributed by atoms with E-state index in [1.165, 1.54) is 0 Å². The molecule has 2 aromatic carbocycles. The number of benzene rings is 2. The molecule has 0 aromatic heterocycles. The smallest absolute Gasteiger partial charge is 0.119 e. The van der Waals surface area contributed by atoms with E-state index in [0.717, 1.165) is 15.8 Å². The van der Waals surface area contributed by atoms with Gasteiger partial charge in [-0.1, -0.05) is 28.1 Å². The third-order valence-electron chi connectivity index (χ3n) is 2.16. The van der Waals surface area contributed by atoms with Crippen molar-refractivity contribution < 1.29 is 9.84 Å². The van der Waals surface area contributed by atoms with Gasteiger partial charge in [0, 0.05) is 4.47 Å². The minimum atomic E-state index is 0.271. The van der Waals surface area contributed by atoms with Crippen molar-refractivity contribution in [3.8, 4) is 11.5 Å². The van der Waals surface area contributed by atoms with E-state index in [-0.39, 0.29) is 5.75 Å². The fourth-order valence-electron chi connectivity index (χ4n) is 1.29. The van der Waals surface area contributed by atoms with Crippen LogP contribution in [0, 0.1) is 0 Å². The van der Waals surface area contributed by atoms with Gasteiger partial charge < -0.3 is 9.84 Å². The van der Waals surface area contributed by atoms with Gasteiger partial charge in [0.15, 0.2) is 0 Å². The maximum absolute atomic E-state index is 9.13. The lowest BCUT2D eigenvalue weighted by Gasteiger charge is -2.06. The maximum atomic E-state index is 9.13. The van der Waals surface area contributed by atoms with Gasteiger partial charge >= 0.3 is 0 Å². The molecule has 0 spiro atoms. The third-order valence-corrected chi connectivity index (χ3v) is 2.68. The van der Waals surface area contributed by atoms with E-state index in [1.54, 1.807) is 12.1 Å². The van der Waals surface area contributed by atoms with Crippen molar-refractivity contribution in [3.05, 3.63) is 58.6 Å². The van der Waals surface area contributed by atoms with Crippen molar-refractivity contribution in [2.45, 2.75) is 6.61 Å². The quantitative estimate of drug-likeness (QED) is 0.927. The largest absolute Gasteiger partial charge is 0.508 e. The Hall–Kier alpha value is -1.48. The van der Waals surface area contributed by atoms with E-state index < -0.39 is 0 Å².